The third kappa shape index (κ3) is 6.36. The third-order valence-electron chi connectivity index (χ3n) is 2.97. The van der Waals surface area contributed by atoms with Crippen LogP contribution in [0.3, 0.4) is 0 Å². The summed E-state index contributed by atoms with van der Waals surface area (Å²) in [4.78, 5) is 7.56. The summed E-state index contributed by atoms with van der Waals surface area (Å²) in [6, 6.07) is 0.782. The molecule has 0 radical (unpaired) electrons. The molecule has 0 N–H and O–H groups in total. The van der Waals surface area contributed by atoms with Gasteiger partial charge in [0, 0.05) is 32.7 Å². The minimum atomic E-state index is 0.689. The Labute approximate surface area is 112 Å². The number of ether oxygens (including phenoxy) is 1. The molecule has 0 aromatic heterocycles. The van der Waals surface area contributed by atoms with Crippen LogP contribution in [0.2, 0.25) is 0 Å². The first kappa shape index (κ1) is 17.4. The number of fused-ring (bicyclic) bond motifs is 1. The second-order valence-corrected chi connectivity index (χ2v) is 4.12. The minimum Gasteiger partial charge on any atom is -0.396 e. The molecule has 4 heteroatoms. The van der Waals surface area contributed by atoms with Gasteiger partial charge in [0.05, 0.1) is 5.71 Å². The van der Waals surface area contributed by atoms with E-state index in [2.05, 4.69) is 14.8 Å². The number of hydrogen-bond donors (Lipinski definition) is 0. The third-order valence-corrected chi connectivity index (χ3v) is 2.97. The average Bonchev–Trinajstić information content (AvgIpc) is 2.99. The van der Waals surface area contributed by atoms with Gasteiger partial charge in [-0.3, -0.25) is 4.90 Å². The summed E-state index contributed by atoms with van der Waals surface area (Å²) < 4.78 is 4.54. The maximum atomic E-state index is 5.04. The number of rotatable bonds is 3. The van der Waals surface area contributed by atoms with E-state index < -0.39 is 0 Å². The molecule has 0 bridgehead atoms. The second-order valence-electron chi connectivity index (χ2n) is 4.12. The molecule has 2 heterocycles. The first-order chi connectivity index (χ1) is 8.81. The molecule has 2 aliphatic rings. The molecule has 2 fully saturated rings. The lowest BCUT2D eigenvalue weighted by atomic mass is 10.1. The molecule has 1 atom stereocenters. The van der Waals surface area contributed by atoms with E-state index >= 15 is 0 Å². The Balaban J connectivity index is 0.000000415. The van der Waals surface area contributed by atoms with Crippen LogP contribution in [0.25, 0.3) is 0 Å². The predicted octanol–water partition coefficient (Wildman–Crippen LogP) is 2.93. The molecule has 2 aliphatic heterocycles. The van der Waals surface area contributed by atoms with Crippen molar-refractivity contribution in [2.24, 2.45) is 5.16 Å². The van der Waals surface area contributed by atoms with Crippen LogP contribution in [0.4, 0.5) is 0 Å². The standard InChI is InChI=1S/C9H16N2O.C3H8O.C2H6/c1-2-12-10-8-6-9-4-3-5-11(9)7-8;1-3-4-2;1-2/h9H,2-7H2,1H3;3H2,1-2H3;1-2H3/b10-8-;;. The van der Waals surface area contributed by atoms with Crippen molar-refractivity contribution in [2.75, 3.05) is 33.4 Å². The van der Waals surface area contributed by atoms with Crippen LogP contribution < -0.4 is 0 Å². The molecule has 2 saturated heterocycles. The van der Waals surface area contributed by atoms with Crippen molar-refractivity contribution in [1.29, 1.82) is 0 Å². The summed E-state index contributed by atoms with van der Waals surface area (Å²) in [5.41, 5.74) is 1.24. The quantitative estimate of drug-likeness (QED) is 0.730. The van der Waals surface area contributed by atoms with E-state index in [1.165, 1.54) is 25.1 Å². The van der Waals surface area contributed by atoms with Gasteiger partial charge in [-0.25, -0.2) is 0 Å². The molecule has 18 heavy (non-hydrogen) atoms. The van der Waals surface area contributed by atoms with Gasteiger partial charge >= 0.3 is 0 Å². The van der Waals surface area contributed by atoms with E-state index in [9.17, 15) is 0 Å². The van der Waals surface area contributed by atoms with Crippen molar-refractivity contribution in [3.63, 3.8) is 0 Å². The molecule has 108 valence electrons. The average molecular weight is 258 g/mol. The smallest absolute Gasteiger partial charge is 0.114 e. The molecule has 1 unspecified atom stereocenters. The molecule has 0 aromatic carbocycles. The maximum absolute atomic E-state index is 5.04. The molecule has 4 nitrogen and oxygen atoms in total. The van der Waals surface area contributed by atoms with Gasteiger partial charge in [-0.15, -0.1) is 0 Å². The van der Waals surface area contributed by atoms with E-state index in [0.29, 0.717) is 6.61 Å². The highest BCUT2D eigenvalue weighted by molar-refractivity contribution is 5.88. The highest BCUT2D eigenvalue weighted by atomic mass is 16.6. The Hall–Kier alpha value is -0.610. The van der Waals surface area contributed by atoms with Crippen molar-refractivity contribution in [3.05, 3.63) is 0 Å². The first-order valence-electron chi connectivity index (χ1n) is 7.22. The molecule has 0 aromatic rings. The van der Waals surface area contributed by atoms with Crippen molar-refractivity contribution in [1.82, 2.24) is 4.90 Å². The van der Waals surface area contributed by atoms with Crippen LogP contribution in [-0.4, -0.2) is 50.1 Å². The molecule has 0 aliphatic carbocycles. The molecule has 0 saturated carbocycles. The molecule has 0 spiro atoms. The summed E-state index contributed by atoms with van der Waals surface area (Å²) in [5.74, 6) is 0. The lowest BCUT2D eigenvalue weighted by Gasteiger charge is -2.11. The summed E-state index contributed by atoms with van der Waals surface area (Å²) in [6.45, 7) is 11.7. The number of oxime groups is 1. The first-order valence-corrected chi connectivity index (χ1v) is 7.22. The largest absolute Gasteiger partial charge is 0.396 e. The van der Waals surface area contributed by atoms with Crippen LogP contribution in [0.1, 0.15) is 47.0 Å². The zero-order valence-electron chi connectivity index (χ0n) is 12.7. The zero-order chi connectivity index (χ0) is 13.8. The Morgan fingerprint density at radius 1 is 1.28 bits per heavy atom. The van der Waals surface area contributed by atoms with Crippen LogP contribution in [-0.2, 0) is 9.57 Å². The molecular formula is C14H30N2O2. The fourth-order valence-corrected chi connectivity index (χ4v) is 2.13. The predicted molar refractivity (Wildman–Crippen MR) is 77.2 cm³/mol. The summed E-state index contributed by atoms with van der Waals surface area (Å²) in [7, 11) is 1.68. The molecular weight excluding hydrogens is 228 g/mol. The van der Waals surface area contributed by atoms with Gasteiger partial charge in [0.2, 0.25) is 0 Å². The number of methoxy groups -OCH3 is 1. The van der Waals surface area contributed by atoms with Crippen LogP contribution in [0, 0.1) is 0 Å². The molecule has 2 rings (SSSR count). The van der Waals surface area contributed by atoms with Gasteiger partial charge in [-0.1, -0.05) is 19.0 Å². The monoisotopic (exact) mass is 258 g/mol. The van der Waals surface area contributed by atoms with Crippen molar-refractivity contribution >= 4 is 5.71 Å². The molecule has 0 amide bonds. The van der Waals surface area contributed by atoms with E-state index in [4.69, 9.17) is 4.84 Å². The van der Waals surface area contributed by atoms with Crippen LogP contribution in [0.15, 0.2) is 5.16 Å². The van der Waals surface area contributed by atoms with Gasteiger partial charge < -0.3 is 9.57 Å². The number of nitrogens with zero attached hydrogens (tertiary/aromatic N) is 2. The summed E-state index contributed by atoms with van der Waals surface area (Å²) in [6.07, 6.45) is 3.86. The van der Waals surface area contributed by atoms with Gasteiger partial charge in [0.25, 0.3) is 0 Å². The lowest BCUT2D eigenvalue weighted by Crippen LogP contribution is -2.22. The highest BCUT2D eigenvalue weighted by Crippen LogP contribution is 2.25. The van der Waals surface area contributed by atoms with Gasteiger partial charge in [-0.2, -0.15) is 0 Å². The summed E-state index contributed by atoms with van der Waals surface area (Å²) in [5, 5.41) is 4.10. The normalized spacial score (nSPS) is 23.8. The van der Waals surface area contributed by atoms with Crippen molar-refractivity contribution in [2.45, 2.75) is 53.0 Å². The van der Waals surface area contributed by atoms with Crippen molar-refractivity contribution in [3.8, 4) is 0 Å². The fraction of sp³-hybridized carbons (Fsp3) is 0.929. The number of hydrogen-bond acceptors (Lipinski definition) is 4. The van der Waals surface area contributed by atoms with Gasteiger partial charge in [0.15, 0.2) is 0 Å². The van der Waals surface area contributed by atoms with Crippen molar-refractivity contribution < 1.29 is 9.57 Å². The maximum Gasteiger partial charge on any atom is 0.114 e. The van der Waals surface area contributed by atoms with E-state index in [-0.39, 0.29) is 0 Å². The Bertz CT molecular complexity index is 204. The van der Waals surface area contributed by atoms with Crippen LogP contribution in [0.5, 0.6) is 0 Å². The zero-order valence-corrected chi connectivity index (χ0v) is 12.7. The SMILES string of the molecule is CC.CCO/N=C1/CC2CCCN2C1.CCOC. The van der Waals surface area contributed by atoms with Crippen LogP contribution >= 0.6 is 0 Å². The lowest BCUT2D eigenvalue weighted by molar-refractivity contribution is 0.158. The van der Waals surface area contributed by atoms with Gasteiger partial charge in [0.1, 0.15) is 6.61 Å². The topological polar surface area (TPSA) is 34.1 Å². The highest BCUT2D eigenvalue weighted by Gasteiger charge is 2.32. The summed E-state index contributed by atoms with van der Waals surface area (Å²) >= 11 is 0. The Kier molecular flexibility index (Phi) is 11.1. The fourth-order valence-electron chi connectivity index (χ4n) is 2.13. The Morgan fingerprint density at radius 2 is 1.94 bits per heavy atom. The van der Waals surface area contributed by atoms with E-state index in [1.807, 2.05) is 27.7 Å². The Morgan fingerprint density at radius 3 is 2.44 bits per heavy atom. The van der Waals surface area contributed by atoms with E-state index in [0.717, 1.165) is 25.6 Å². The van der Waals surface area contributed by atoms with E-state index in [1.54, 1.807) is 7.11 Å². The van der Waals surface area contributed by atoms with Gasteiger partial charge in [-0.05, 0) is 33.2 Å². The second kappa shape index (κ2) is 11.5. The minimum absolute atomic E-state index is 0.689.